The van der Waals surface area contributed by atoms with E-state index in [2.05, 4.69) is 0 Å². The van der Waals surface area contributed by atoms with Gasteiger partial charge in [-0.25, -0.2) is 0 Å². The maximum atomic E-state index is 12.4. The van der Waals surface area contributed by atoms with Crippen LogP contribution in [0.25, 0.3) is 0 Å². The molecule has 0 unspecified atom stereocenters. The third-order valence-electron chi connectivity index (χ3n) is 3.73. The molecule has 0 spiro atoms. The average Bonchev–Trinajstić information content (AvgIpc) is 2.45. The number of rotatable bonds is 2. The molecule has 2 aromatic rings. The highest BCUT2D eigenvalue weighted by Crippen LogP contribution is 2.22. The summed E-state index contributed by atoms with van der Waals surface area (Å²) in [7, 11) is 0. The summed E-state index contributed by atoms with van der Waals surface area (Å²) in [5, 5.41) is 0. The van der Waals surface area contributed by atoms with Crippen molar-refractivity contribution in [3.8, 4) is 0 Å². The molecular formula is C17H15NO2. The van der Waals surface area contributed by atoms with Crippen molar-refractivity contribution in [2.45, 2.75) is 19.9 Å². The fourth-order valence-corrected chi connectivity index (χ4v) is 2.52. The molecular weight excluding hydrogens is 250 g/mol. The lowest BCUT2D eigenvalue weighted by atomic mass is 9.97. The molecule has 0 radical (unpaired) electrons. The molecule has 1 heterocycles. The van der Waals surface area contributed by atoms with Crippen LogP contribution >= 0.6 is 0 Å². The summed E-state index contributed by atoms with van der Waals surface area (Å²) in [6.45, 7) is 2.33. The number of amides is 2. The fraction of sp³-hybridized carbons (Fsp3) is 0.176. The maximum absolute atomic E-state index is 12.4. The Morgan fingerprint density at radius 2 is 1.70 bits per heavy atom. The Morgan fingerprint density at radius 3 is 2.50 bits per heavy atom. The lowest BCUT2D eigenvalue weighted by Gasteiger charge is -2.27. The summed E-state index contributed by atoms with van der Waals surface area (Å²) in [6, 6.07) is 15.1. The van der Waals surface area contributed by atoms with Crippen LogP contribution in [-0.4, -0.2) is 16.7 Å². The monoisotopic (exact) mass is 265 g/mol. The van der Waals surface area contributed by atoms with Gasteiger partial charge in [0.1, 0.15) is 0 Å². The van der Waals surface area contributed by atoms with Gasteiger partial charge in [0.2, 0.25) is 5.91 Å². The van der Waals surface area contributed by atoms with Crippen LogP contribution in [0.15, 0.2) is 48.5 Å². The van der Waals surface area contributed by atoms with Crippen molar-refractivity contribution in [2.24, 2.45) is 0 Å². The summed E-state index contributed by atoms with van der Waals surface area (Å²) in [5.74, 6) is -0.322. The minimum Gasteiger partial charge on any atom is -0.274 e. The molecule has 3 nitrogen and oxygen atoms in total. The van der Waals surface area contributed by atoms with Crippen LogP contribution in [-0.2, 0) is 17.8 Å². The Labute approximate surface area is 117 Å². The van der Waals surface area contributed by atoms with Crippen molar-refractivity contribution in [1.29, 1.82) is 0 Å². The quantitative estimate of drug-likeness (QED) is 0.783. The highest BCUT2D eigenvalue weighted by molar-refractivity contribution is 6.09. The van der Waals surface area contributed by atoms with E-state index in [9.17, 15) is 9.59 Å². The van der Waals surface area contributed by atoms with Crippen molar-refractivity contribution in [3.05, 3.63) is 70.8 Å². The third-order valence-corrected chi connectivity index (χ3v) is 3.73. The van der Waals surface area contributed by atoms with Crippen LogP contribution in [0.1, 0.15) is 27.0 Å². The van der Waals surface area contributed by atoms with E-state index < -0.39 is 0 Å². The average molecular weight is 265 g/mol. The van der Waals surface area contributed by atoms with Gasteiger partial charge in [-0.3, -0.25) is 14.5 Å². The first-order valence-electron chi connectivity index (χ1n) is 6.64. The summed E-state index contributed by atoms with van der Waals surface area (Å²) in [6.07, 6.45) is 0.299. The Bertz CT molecular complexity index is 691. The SMILES string of the molecule is Cc1ccccc1CN1C(=O)Cc2ccccc2C1=O. The zero-order chi connectivity index (χ0) is 14.1. The first-order chi connectivity index (χ1) is 9.66. The fourth-order valence-electron chi connectivity index (χ4n) is 2.52. The van der Waals surface area contributed by atoms with E-state index in [-0.39, 0.29) is 11.8 Å². The van der Waals surface area contributed by atoms with Gasteiger partial charge < -0.3 is 0 Å². The molecule has 0 N–H and O–H groups in total. The van der Waals surface area contributed by atoms with Gasteiger partial charge in [0.15, 0.2) is 0 Å². The van der Waals surface area contributed by atoms with E-state index in [1.165, 1.54) is 4.90 Å². The molecule has 0 atom stereocenters. The van der Waals surface area contributed by atoms with Crippen molar-refractivity contribution in [3.63, 3.8) is 0 Å². The molecule has 1 aliphatic rings. The van der Waals surface area contributed by atoms with Crippen LogP contribution in [0.5, 0.6) is 0 Å². The summed E-state index contributed by atoms with van der Waals surface area (Å²) in [5.41, 5.74) is 3.56. The van der Waals surface area contributed by atoms with E-state index in [1.54, 1.807) is 6.07 Å². The van der Waals surface area contributed by atoms with Gasteiger partial charge in [0.05, 0.1) is 13.0 Å². The van der Waals surface area contributed by atoms with E-state index in [0.717, 1.165) is 16.7 Å². The number of fused-ring (bicyclic) bond motifs is 1. The zero-order valence-electron chi connectivity index (χ0n) is 11.3. The summed E-state index contributed by atoms with van der Waals surface area (Å²) < 4.78 is 0. The molecule has 0 aromatic heterocycles. The number of nitrogens with zero attached hydrogens (tertiary/aromatic N) is 1. The highest BCUT2D eigenvalue weighted by atomic mass is 16.2. The van der Waals surface area contributed by atoms with Gasteiger partial charge in [-0.05, 0) is 29.7 Å². The summed E-state index contributed by atoms with van der Waals surface area (Å²) >= 11 is 0. The van der Waals surface area contributed by atoms with Crippen molar-refractivity contribution in [2.75, 3.05) is 0 Å². The molecule has 3 heteroatoms. The summed E-state index contributed by atoms with van der Waals surface area (Å²) in [4.78, 5) is 26.0. The van der Waals surface area contributed by atoms with Gasteiger partial charge in [-0.2, -0.15) is 0 Å². The van der Waals surface area contributed by atoms with E-state index in [4.69, 9.17) is 0 Å². The van der Waals surface area contributed by atoms with Crippen molar-refractivity contribution < 1.29 is 9.59 Å². The topological polar surface area (TPSA) is 37.4 Å². The minimum atomic E-state index is -0.194. The van der Waals surface area contributed by atoms with Gasteiger partial charge in [0, 0.05) is 5.56 Å². The Balaban J connectivity index is 1.94. The lowest BCUT2D eigenvalue weighted by Crippen LogP contribution is -2.41. The minimum absolute atomic E-state index is 0.128. The van der Waals surface area contributed by atoms with Gasteiger partial charge in [0.25, 0.3) is 5.91 Å². The zero-order valence-corrected chi connectivity index (χ0v) is 11.3. The Hall–Kier alpha value is -2.42. The van der Waals surface area contributed by atoms with Gasteiger partial charge in [-0.1, -0.05) is 42.5 Å². The second kappa shape index (κ2) is 4.93. The molecule has 0 bridgehead atoms. The standard InChI is InChI=1S/C17H15NO2/c1-12-6-2-3-8-14(12)11-18-16(19)10-13-7-4-5-9-15(13)17(18)20/h2-9H,10-11H2,1H3. The van der Waals surface area contributed by atoms with Crippen LogP contribution < -0.4 is 0 Å². The van der Waals surface area contributed by atoms with Crippen molar-refractivity contribution in [1.82, 2.24) is 4.90 Å². The van der Waals surface area contributed by atoms with Crippen LogP contribution in [0, 0.1) is 6.92 Å². The second-order valence-electron chi connectivity index (χ2n) is 5.05. The maximum Gasteiger partial charge on any atom is 0.261 e. The molecule has 0 aliphatic carbocycles. The normalized spacial score (nSPS) is 14.3. The first kappa shape index (κ1) is 12.6. The molecule has 2 amide bonds. The van der Waals surface area contributed by atoms with E-state index in [1.807, 2.05) is 49.4 Å². The molecule has 100 valence electrons. The van der Waals surface area contributed by atoms with Crippen LogP contribution in [0.3, 0.4) is 0 Å². The van der Waals surface area contributed by atoms with E-state index in [0.29, 0.717) is 18.5 Å². The Morgan fingerprint density at radius 1 is 1.00 bits per heavy atom. The molecule has 1 aliphatic heterocycles. The molecule has 0 saturated carbocycles. The first-order valence-corrected chi connectivity index (χ1v) is 6.64. The molecule has 0 fully saturated rings. The number of carbonyl (C=O) groups excluding carboxylic acids is 2. The lowest BCUT2D eigenvalue weighted by molar-refractivity contribution is -0.128. The molecule has 20 heavy (non-hydrogen) atoms. The van der Waals surface area contributed by atoms with E-state index >= 15 is 0 Å². The number of imide groups is 1. The van der Waals surface area contributed by atoms with Crippen LogP contribution in [0.2, 0.25) is 0 Å². The molecule has 3 rings (SSSR count). The number of benzene rings is 2. The Kier molecular flexibility index (Phi) is 3.11. The molecule has 2 aromatic carbocycles. The van der Waals surface area contributed by atoms with Gasteiger partial charge in [-0.15, -0.1) is 0 Å². The predicted molar refractivity (Wildman–Crippen MR) is 76.2 cm³/mol. The third kappa shape index (κ3) is 2.11. The molecule has 0 saturated heterocycles. The number of hydrogen-bond acceptors (Lipinski definition) is 2. The van der Waals surface area contributed by atoms with Crippen molar-refractivity contribution >= 4 is 11.8 Å². The second-order valence-corrected chi connectivity index (χ2v) is 5.05. The predicted octanol–water partition coefficient (Wildman–Crippen LogP) is 2.72. The number of hydrogen-bond donors (Lipinski definition) is 0. The largest absolute Gasteiger partial charge is 0.274 e. The highest BCUT2D eigenvalue weighted by Gasteiger charge is 2.30. The van der Waals surface area contributed by atoms with Gasteiger partial charge >= 0.3 is 0 Å². The van der Waals surface area contributed by atoms with Crippen LogP contribution in [0.4, 0.5) is 0 Å². The number of aryl methyl sites for hydroxylation is 1. The number of carbonyl (C=O) groups is 2. The smallest absolute Gasteiger partial charge is 0.261 e.